The van der Waals surface area contributed by atoms with Crippen LogP contribution >= 0.6 is 34.5 Å². The Kier molecular flexibility index (Phi) is 7.25. The molecule has 150 valence electrons. The number of halogens is 2. The van der Waals surface area contributed by atoms with Gasteiger partial charge in [0.15, 0.2) is 0 Å². The Balaban J connectivity index is 2.26. The van der Waals surface area contributed by atoms with E-state index in [1.54, 1.807) is 48.8 Å². The fraction of sp³-hybridized carbons (Fsp3) is 0.217. The van der Waals surface area contributed by atoms with Crippen LogP contribution in [-0.4, -0.2) is 15.9 Å². The molecule has 0 aliphatic carbocycles. The first-order valence-corrected chi connectivity index (χ1v) is 10.9. The number of aliphatic hydroxyl groups excluding tert-OH is 1. The number of allylic oxidation sites excluding steroid dienone is 1. The molecular formula is C23H21Cl2NO2S. The van der Waals surface area contributed by atoms with Gasteiger partial charge in [-0.2, -0.15) is 0 Å². The summed E-state index contributed by atoms with van der Waals surface area (Å²) in [5.74, 6) is -0.194. The molecule has 3 rings (SSSR count). The third-order valence-corrected chi connectivity index (χ3v) is 6.35. The number of Topliss-reactive ketones (excluding diaryl/α,β-unsaturated/α-hetero) is 1. The maximum absolute atomic E-state index is 13.6. The lowest BCUT2D eigenvalue weighted by atomic mass is 9.82. The minimum absolute atomic E-state index is 0.0388. The maximum Gasteiger partial charge on any atom is 0.202 e. The SMILES string of the molecule is CCC(C)/C(=C(\C(=O)c1ccc(Cl)s1)C(O)c1cccnc1)c1ccc(Cl)cc1. The van der Waals surface area contributed by atoms with Crippen molar-refractivity contribution in [1.82, 2.24) is 4.98 Å². The largest absolute Gasteiger partial charge is 0.383 e. The molecule has 1 aromatic carbocycles. The van der Waals surface area contributed by atoms with Crippen LogP contribution in [0, 0.1) is 5.92 Å². The van der Waals surface area contributed by atoms with Crippen molar-refractivity contribution >= 4 is 45.9 Å². The predicted molar refractivity (Wildman–Crippen MR) is 121 cm³/mol. The van der Waals surface area contributed by atoms with Crippen molar-refractivity contribution in [2.75, 3.05) is 0 Å². The molecule has 3 nitrogen and oxygen atoms in total. The Bertz CT molecular complexity index is 1010. The second-order valence-corrected chi connectivity index (χ2v) is 8.92. The van der Waals surface area contributed by atoms with E-state index in [1.807, 2.05) is 12.1 Å². The van der Waals surface area contributed by atoms with Crippen molar-refractivity contribution in [1.29, 1.82) is 0 Å². The van der Waals surface area contributed by atoms with Crippen LogP contribution in [0.4, 0.5) is 0 Å². The molecule has 3 aromatic rings. The Hall–Kier alpha value is -1.98. The zero-order valence-corrected chi connectivity index (χ0v) is 18.4. The van der Waals surface area contributed by atoms with E-state index < -0.39 is 6.10 Å². The lowest BCUT2D eigenvalue weighted by molar-refractivity contribution is 0.0991. The predicted octanol–water partition coefficient (Wildman–Crippen LogP) is 6.87. The normalized spacial score (nSPS) is 14.2. The lowest BCUT2D eigenvalue weighted by Gasteiger charge is -2.23. The van der Waals surface area contributed by atoms with Crippen LogP contribution in [-0.2, 0) is 0 Å². The highest BCUT2D eigenvalue weighted by atomic mass is 35.5. The van der Waals surface area contributed by atoms with E-state index in [-0.39, 0.29) is 11.7 Å². The summed E-state index contributed by atoms with van der Waals surface area (Å²) in [5, 5.41) is 11.9. The summed E-state index contributed by atoms with van der Waals surface area (Å²) in [6.45, 7) is 4.11. The number of carbonyl (C=O) groups is 1. The van der Waals surface area contributed by atoms with Crippen LogP contribution in [0.1, 0.15) is 47.2 Å². The number of hydrogen-bond acceptors (Lipinski definition) is 4. The van der Waals surface area contributed by atoms with Crippen LogP contribution in [0.15, 0.2) is 66.5 Å². The van der Waals surface area contributed by atoms with Gasteiger partial charge in [-0.3, -0.25) is 9.78 Å². The zero-order chi connectivity index (χ0) is 21.0. The molecule has 0 saturated carbocycles. The number of carbonyl (C=O) groups excluding carboxylic acids is 1. The quantitative estimate of drug-likeness (QED) is 0.318. The first kappa shape index (κ1) is 21.7. The standard InChI is InChI=1S/C23H21Cl2NO2S/c1-3-14(2)20(15-6-8-17(24)9-7-15)21(22(27)16-5-4-12-26-13-16)23(28)18-10-11-19(25)29-18/h4-14,22,27H,3H2,1-2H3/b21-20+. The van der Waals surface area contributed by atoms with Crippen LogP contribution < -0.4 is 0 Å². The third kappa shape index (κ3) is 4.96. The minimum Gasteiger partial charge on any atom is -0.383 e. The average molecular weight is 446 g/mol. The summed E-state index contributed by atoms with van der Waals surface area (Å²) in [6.07, 6.45) is 2.90. The molecule has 0 aliphatic rings. The highest BCUT2D eigenvalue weighted by Gasteiger charge is 2.29. The van der Waals surface area contributed by atoms with Crippen LogP contribution in [0.5, 0.6) is 0 Å². The maximum atomic E-state index is 13.6. The number of thiophene rings is 1. The number of rotatable bonds is 7. The molecule has 2 atom stereocenters. The van der Waals surface area contributed by atoms with Gasteiger partial charge in [0.05, 0.1) is 9.21 Å². The van der Waals surface area contributed by atoms with Gasteiger partial charge in [0.2, 0.25) is 5.78 Å². The number of aliphatic hydroxyl groups is 1. The number of hydrogen-bond donors (Lipinski definition) is 1. The summed E-state index contributed by atoms with van der Waals surface area (Å²) in [4.78, 5) is 18.2. The smallest absolute Gasteiger partial charge is 0.202 e. The molecule has 0 bridgehead atoms. The van der Waals surface area contributed by atoms with Crippen LogP contribution in [0.3, 0.4) is 0 Å². The molecule has 0 spiro atoms. The van der Waals surface area contributed by atoms with Gasteiger partial charge in [-0.15, -0.1) is 11.3 Å². The second kappa shape index (κ2) is 9.68. The van der Waals surface area contributed by atoms with Gasteiger partial charge in [-0.25, -0.2) is 0 Å². The molecule has 0 radical (unpaired) electrons. The number of benzene rings is 1. The molecule has 2 heterocycles. The first-order chi connectivity index (χ1) is 13.9. The molecule has 0 amide bonds. The summed E-state index contributed by atoms with van der Waals surface area (Å²) < 4.78 is 0.528. The van der Waals surface area contributed by atoms with E-state index in [4.69, 9.17) is 23.2 Å². The van der Waals surface area contributed by atoms with Crippen molar-refractivity contribution in [3.63, 3.8) is 0 Å². The second-order valence-electron chi connectivity index (χ2n) is 6.77. The Morgan fingerprint density at radius 1 is 1.14 bits per heavy atom. The van der Waals surface area contributed by atoms with E-state index in [1.165, 1.54) is 11.3 Å². The fourth-order valence-electron chi connectivity index (χ4n) is 3.21. The van der Waals surface area contributed by atoms with E-state index in [0.29, 0.717) is 25.4 Å². The number of pyridine rings is 1. The monoisotopic (exact) mass is 445 g/mol. The van der Waals surface area contributed by atoms with Gasteiger partial charge in [0.1, 0.15) is 6.10 Å². The lowest BCUT2D eigenvalue weighted by Crippen LogP contribution is -2.16. The topological polar surface area (TPSA) is 50.2 Å². The fourth-order valence-corrected chi connectivity index (χ4v) is 4.33. The van der Waals surface area contributed by atoms with E-state index in [9.17, 15) is 9.90 Å². The molecule has 6 heteroatoms. The van der Waals surface area contributed by atoms with Gasteiger partial charge >= 0.3 is 0 Å². The molecule has 0 aliphatic heterocycles. The molecule has 1 N–H and O–H groups in total. The summed E-state index contributed by atoms with van der Waals surface area (Å²) in [6, 6.07) is 14.2. The summed E-state index contributed by atoms with van der Waals surface area (Å²) in [7, 11) is 0. The Morgan fingerprint density at radius 3 is 2.41 bits per heavy atom. The number of nitrogens with zero attached hydrogens (tertiary/aromatic N) is 1. The van der Waals surface area contributed by atoms with E-state index in [0.717, 1.165) is 17.6 Å². The molecule has 2 aromatic heterocycles. The van der Waals surface area contributed by atoms with Crippen molar-refractivity contribution in [3.8, 4) is 0 Å². The van der Waals surface area contributed by atoms with Crippen molar-refractivity contribution < 1.29 is 9.90 Å². The van der Waals surface area contributed by atoms with Crippen molar-refractivity contribution in [2.24, 2.45) is 5.92 Å². The zero-order valence-electron chi connectivity index (χ0n) is 16.1. The van der Waals surface area contributed by atoms with E-state index >= 15 is 0 Å². The average Bonchev–Trinajstić information content (AvgIpc) is 3.18. The molecule has 0 fully saturated rings. The highest BCUT2D eigenvalue weighted by Crippen LogP contribution is 2.38. The van der Waals surface area contributed by atoms with Gasteiger partial charge in [0, 0.05) is 28.6 Å². The van der Waals surface area contributed by atoms with Crippen molar-refractivity contribution in [3.05, 3.63) is 91.9 Å². The Morgan fingerprint density at radius 2 is 1.86 bits per heavy atom. The highest BCUT2D eigenvalue weighted by molar-refractivity contribution is 7.18. The van der Waals surface area contributed by atoms with Gasteiger partial charge in [-0.05, 0) is 53.8 Å². The Labute approximate surface area is 184 Å². The van der Waals surface area contributed by atoms with Gasteiger partial charge in [0.25, 0.3) is 0 Å². The van der Waals surface area contributed by atoms with E-state index in [2.05, 4.69) is 18.8 Å². The van der Waals surface area contributed by atoms with Crippen LogP contribution in [0.25, 0.3) is 5.57 Å². The molecule has 2 unspecified atom stereocenters. The summed E-state index contributed by atoms with van der Waals surface area (Å²) in [5.41, 5.74) is 2.56. The number of aromatic nitrogens is 1. The summed E-state index contributed by atoms with van der Waals surface area (Å²) >= 11 is 13.4. The first-order valence-electron chi connectivity index (χ1n) is 9.30. The van der Waals surface area contributed by atoms with Gasteiger partial charge in [-0.1, -0.05) is 55.2 Å². The van der Waals surface area contributed by atoms with Crippen molar-refractivity contribution in [2.45, 2.75) is 26.4 Å². The van der Waals surface area contributed by atoms with Crippen LogP contribution in [0.2, 0.25) is 9.36 Å². The number of ketones is 1. The molecule has 29 heavy (non-hydrogen) atoms. The third-order valence-electron chi connectivity index (χ3n) is 4.87. The minimum atomic E-state index is -1.11. The molecular weight excluding hydrogens is 425 g/mol. The van der Waals surface area contributed by atoms with Gasteiger partial charge < -0.3 is 5.11 Å². The molecule has 0 saturated heterocycles.